The molecule has 0 saturated carbocycles. The maximum Gasteiger partial charge on any atom is 0.203 e. The second-order valence-corrected chi connectivity index (χ2v) is 3.89. The quantitative estimate of drug-likeness (QED) is 0.782. The average Bonchev–Trinajstić information content (AvgIpc) is 2.69. The highest BCUT2D eigenvalue weighted by molar-refractivity contribution is 5.74. The number of carbonyl (C=O) groups excluding carboxylic acids is 1. The Bertz CT molecular complexity index is 383. The first-order valence-corrected chi connectivity index (χ1v) is 5.34. The summed E-state index contributed by atoms with van der Waals surface area (Å²) < 4.78 is 4.92. The third-order valence-corrected chi connectivity index (χ3v) is 2.84. The van der Waals surface area contributed by atoms with Gasteiger partial charge in [0.25, 0.3) is 0 Å². The molecule has 2 atom stereocenters. The lowest BCUT2D eigenvalue weighted by Gasteiger charge is -2.14. The molecule has 0 fully saturated rings. The van der Waals surface area contributed by atoms with Gasteiger partial charge in [0, 0.05) is 5.57 Å². The fourth-order valence-electron chi connectivity index (χ4n) is 1.89. The van der Waals surface area contributed by atoms with Crippen molar-refractivity contribution in [3.05, 3.63) is 47.7 Å². The van der Waals surface area contributed by atoms with Crippen LogP contribution in [0.4, 0.5) is 0 Å². The van der Waals surface area contributed by atoms with E-state index in [2.05, 4.69) is 0 Å². The van der Waals surface area contributed by atoms with E-state index in [0.717, 1.165) is 19.1 Å². The molecule has 0 aliphatic carbocycles. The molecule has 1 aromatic rings. The van der Waals surface area contributed by atoms with Gasteiger partial charge < -0.3 is 9.84 Å². The normalized spacial score (nSPS) is 23.7. The van der Waals surface area contributed by atoms with Gasteiger partial charge in [-0.05, 0) is 18.4 Å². The second-order valence-electron chi connectivity index (χ2n) is 3.89. The number of benzene rings is 1. The van der Waals surface area contributed by atoms with Crippen LogP contribution in [0.1, 0.15) is 12.0 Å². The Labute approximate surface area is 94.4 Å². The van der Waals surface area contributed by atoms with Gasteiger partial charge in [-0.25, -0.2) is 0 Å². The number of aliphatic hydroxyl groups excluding tert-OH is 1. The Kier molecular flexibility index (Phi) is 3.37. The van der Waals surface area contributed by atoms with Gasteiger partial charge >= 0.3 is 0 Å². The van der Waals surface area contributed by atoms with Crippen molar-refractivity contribution in [3.8, 4) is 0 Å². The number of ether oxygens (including phenoxy) is 1. The van der Waals surface area contributed by atoms with Crippen LogP contribution in [0.3, 0.4) is 0 Å². The largest absolute Gasteiger partial charge is 0.472 e. The molecule has 0 saturated heterocycles. The third kappa shape index (κ3) is 2.31. The van der Waals surface area contributed by atoms with Crippen LogP contribution in [-0.2, 0) is 16.0 Å². The van der Waals surface area contributed by atoms with Crippen LogP contribution < -0.4 is 0 Å². The summed E-state index contributed by atoms with van der Waals surface area (Å²) in [6.07, 6.45) is 2.79. The molecule has 0 spiro atoms. The molecule has 1 aromatic carbocycles. The van der Waals surface area contributed by atoms with Crippen LogP contribution in [0.15, 0.2) is 42.2 Å². The van der Waals surface area contributed by atoms with Crippen LogP contribution in [0, 0.1) is 5.92 Å². The highest BCUT2D eigenvalue weighted by Crippen LogP contribution is 2.27. The van der Waals surface area contributed by atoms with E-state index in [1.165, 1.54) is 11.8 Å². The van der Waals surface area contributed by atoms with E-state index in [1.807, 2.05) is 30.3 Å². The zero-order valence-corrected chi connectivity index (χ0v) is 8.87. The Morgan fingerprint density at radius 2 is 2.06 bits per heavy atom. The lowest BCUT2D eigenvalue weighted by Crippen LogP contribution is -2.19. The third-order valence-electron chi connectivity index (χ3n) is 2.84. The highest BCUT2D eigenvalue weighted by atomic mass is 16.6. The number of aliphatic hydroxyl groups is 1. The van der Waals surface area contributed by atoms with E-state index in [0.29, 0.717) is 5.57 Å². The first kappa shape index (κ1) is 10.9. The standard InChI is InChI=1S/C13H14O3/c14-8-11-9-16-13(15)12(11)7-6-10-4-2-1-3-5-10/h1-5,8-9,12-13,15H,6-7H2/t12-,13-/m1/s1. The summed E-state index contributed by atoms with van der Waals surface area (Å²) in [5, 5.41) is 9.54. The van der Waals surface area contributed by atoms with Crippen molar-refractivity contribution < 1.29 is 14.6 Å². The van der Waals surface area contributed by atoms with Gasteiger partial charge in [0.2, 0.25) is 6.29 Å². The van der Waals surface area contributed by atoms with Crippen LogP contribution in [-0.4, -0.2) is 17.7 Å². The van der Waals surface area contributed by atoms with Gasteiger partial charge in [0.05, 0.1) is 12.2 Å². The van der Waals surface area contributed by atoms with Crippen molar-refractivity contribution in [2.45, 2.75) is 19.1 Å². The van der Waals surface area contributed by atoms with Gasteiger partial charge in [-0.2, -0.15) is 0 Å². The molecule has 1 N–H and O–H groups in total. The maximum absolute atomic E-state index is 10.7. The Balaban J connectivity index is 1.95. The zero-order valence-electron chi connectivity index (χ0n) is 8.87. The molecule has 1 heterocycles. The Hall–Kier alpha value is -1.61. The number of rotatable bonds is 4. The van der Waals surface area contributed by atoms with Crippen molar-refractivity contribution >= 4 is 6.29 Å². The fourth-order valence-corrected chi connectivity index (χ4v) is 1.89. The van der Waals surface area contributed by atoms with Crippen LogP contribution in [0.25, 0.3) is 0 Å². The zero-order chi connectivity index (χ0) is 11.4. The summed E-state index contributed by atoms with van der Waals surface area (Å²) in [5.41, 5.74) is 1.75. The Morgan fingerprint density at radius 3 is 2.75 bits per heavy atom. The van der Waals surface area contributed by atoms with E-state index in [1.54, 1.807) is 0 Å². The maximum atomic E-state index is 10.7. The number of aldehydes is 1. The minimum atomic E-state index is -0.871. The molecule has 1 aliphatic rings. The molecule has 3 nitrogen and oxygen atoms in total. The summed E-state index contributed by atoms with van der Waals surface area (Å²) in [7, 11) is 0. The van der Waals surface area contributed by atoms with Gasteiger partial charge in [-0.15, -0.1) is 0 Å². The molecule has 0 bridgehead atoms. The summed E-state index contributed by atoms with van der Waals surface area (Å²) in [4.78, 5) is 10.7. The Morgan fingerprint density at radius 1 is 1.31 bits per heavy atom. The lowest BCUT2D eigenvalue weighted by atomic mass is 9.94. The molecule has 16 heavy (non-hydrogen) atoms. The molecular weight excluding hydrogens is 204 g/mol. The first-order chi connectivity index (χ1) is 7.81. The predicted octanol–water partition coefficient (Wildman–Crippen LogP) is 1.67. The first-order valence-electron chi connectivity index (χ1n) is 5.34. The smallest absolute Gasteiger partial charge is 0.203 e. The van der Waals surface area contributed by atoms with E-state index in [-0.39, 0.29) is 5.92 Å². The van der Waals surface area contributed by atoms with Crippen molar-refractivity contribution in [3.63, 3.8) is 0 Å². The van der Waals surface area contributed by atoms with Crippen LogP contribution in [0.5, 0.6) is 0 Å². The SMILES string of the molecule is O=CC1=CO[C@@H](O)[C@@H]1CCc1ccccc1. The number of hydrogen-bond acceptors (Lipinski definition) is 3. The van der Waals surface area contributed by atoms with Crippen LogP contribution in [0.2, 0.25) is 0 Å². The number of aryl methyl sites for hydroxylation is 1. The monoisotopic (exact) mass is 218 g/mol. The van der Waals surface area contributed by atoms with Crippen molar-refractivity contribution in [1.82, 2.24) is 0 Å². The topological polar surface area (TPSA) is 46.5 Å². The number of carbonyl (C=O) groups is 1. The lowest BCUT2D eigenvalue weighted by molar-refractivity contribution is -0.106. The van der Waals surface area contributed by atoms with Crippen LogP contribution >= 0.6 is 0 Å². The van der Waals surface area contributed by atoms with Crippen molar-refractivity contribution in [2.75, 3.05) is 0 Å². The van der Waals surface area contributed by atoms with E-state index >= 15 is 0 Å². The van der Waals surface area contributed by atoms with Gasteiger partial charge in [0.15, 0.2) is 0 Å². The molecule has 0 unspecified atom stereocenters. The summed E-state index contributed by atoms with van der Waals surface area (Å²) >= 11 is 0. The molecule has 84 valence electrons. The van der Waals surface area contributed by atoms with Gasteiger partial charge in [0.1, 0.15) is 6.29 Å². The minimum absolute atomic E-state index is 0.197. The summed E-state index contributed by atoms with van der Waals surface area (Å²) in [5.74, 6) is -0.197. The van der Waals surface area contributed by atoms with Gasteiger partial charge in [-0.1, -0.05) is 30.3 Å². The van der Waals surface area contributed by atoms with E-state index in [4.69, 9.17) is 4.74 Å². The fraction of sp³-hybridized carbons (Fsp3) is 0.308. The second kappa shape index (κ2) is 4.94. The molecule has 0 radical (unpaired) electrons. The van der Waals surface area contributed by atoms with E-state index in [9.17, 15) is 9.90 Å². The molecule has 2 rings (SSSR count). The molecular formula is C13H14O3. The van der Waals surface area contributed by atoms with Gasteiger partial charge in [-0.3, -0.25) is 4.79 Å². The summed E-state index contributed by atoms with van der Waals surface area (Å²) in [6, 6.07) is 9.99. The molecule has 0 aromatic heterocycles. The molecule has 1 aliphatic heterocycles. The molecule has 0 amide bonds. The summed E-state index contributed by atoms with van der Waals surface area (Å²) in [6.45, 7) is 0. The predicted molar refractivity (Wildman–Crippen MR) is 59.5 cm³/mol. The number of hydrogen-bond donors (Lipinski definition) is 1. The average molecular weight is 218 g/mol. The molecule has 3 heteroatoms. The van der Waals surface area contributed by atoms with E-state index < -0.39 is 6.29 Å². The highest BCUT2D eigenvalue weighted by Gasteiger charge is 2.29. The van der Waals surface area contributed by atoms with Crippen molar-refractivity contribution in [1.29, 1.82) is 0 Å². The van der Waals surface area contributed by atoms with Crippen molar-refractivity contribution in [2.24, 2.45) is 5.92 Å². The minimum Gasteiger partial charge on any atom is -0.472 e.